The fourth-order valence-electron chi connectivity index (χ4n) is 3.01. The molecule has 0 atom stereocenters. The number of furan rings is 1. The Morgan fingerprint density at radius 2 is 1.70 bits per heavy atom. The fourth-order valence-corrected chi connectivity index (χ4v) is 3.01. The van der Waals surface area contributed by atoms with Crippen LogP contribution in [0.1, 0.15) is 32.3 Å². The van der Waals surface area contributed by atoms with Crippen LogP contribution >= 0.6 is 0 Å². The molecular weight excluding hydrogens is 439 g/mol. The van der Waals surface area contributed by atoms with Gasteiger partial charge in [0.05, 0.1) is 28.9 Å². The van der Waals surface area contributed by atoms with Crippen molar-refractivity contribution in [3.63, 3.8) is 0 Å². The van der Waals surface area contributed by atoms with Gasteiger partial charge in [0.1, 0.15) is 0 Å². The molecule has 33 heavy (non-hydrogen) atoms. The van der Waals surface area contributed by atoms with Crippen LogP contribution in [0.25, 0.3) is 5.69 Å². The van der Waals surface area contributed by atoms with E-state index >= 15 is 0 Å². The Morgan fingerprint density at radius 1 is 0.939 bits per heavy atom. The number of hydrogen-bond donors (Lipinski definition) is 2. The number of benzene rings is 2. The average molecular weight is 455 g/mol. The van der Waals surface area contributed by atoms with Gasteiger partial charge in [-0.05, 0) is 49.4 Å². The predicted molar refractivity (Wildman–Crippen MR) is 112 cm³/mol. The number of carbonyl (C=O) groups is 2. The van der Waals surface area contributed by atoms with Gasteiger partial charge in [0.2, 0.25) is 0 Å². The van der Waals surface area contributed by atoms with Gasteiger partial charge < -0.3 is 15.1 Å². The summed E-state index contributed by atoms with van der Waals surface area (Å²) in [6.07, 6.45) is -3.53. The Bertz CT molecular complexity index is 1300. The molecule has 0 saturated heterocycles. The summed E-state index contributed by atoms with van der Waals surface area (Å²) in [7, 11) is 0. The van der Waals surface area contributed by atoms with Crippen molar-refractivity contribution in [2.75, 3.05) is 10.6 Å². The maximum Gasteiger partial charge on any atom is 0.418 e. The highest BCUT2D eigenvalue weighted by Crippen LogP contribution is 2.37. The summed E-state index contributed by atoms with van der Waals surface area (Å²) < 4.78 is 46.0. The zero-order valence-corrected chi connectivity index (χ0v) is 17.1. The molecule has 168 valence electrons. The first-order valence-electron chi connectivity index (χ1n) is 9.59. The van der Waals surface area contributed by atoms with E-state index in [-0.39, 0.29) is 22.8 Å². The minimum absolute atomic E-state index is 0.0575. The maximum atomic E-state index is 13.7. The minimum Gasteiger partial charge on any atom is -0.459 e. The molecule has 8 nitrogen and oxygen atoms in total. The minimum atomic E-state index is -4.80. The van der Waals surface area contributed by atoms with E-state index in [0.717, 1.165) is 12.1 Å². The summed E-state index contributed by atoms with van der Waals surface area (Å²) in [5.41, 5.74) is -1.03. The van der Waals surface area contributed by atoms with Crippen molar-refractivity contribution in [3.05, 3.63) is 89.6 Å². The van der Waals surface area contributed by atoms with Gasteiger partial charge >= 0.3 is 6.18 Å². The third-order valence-corrected chi connectivity index (χ3v) is 4.56. The zero-order chi connectivity index (χ0) is 23.6. The van der Waals surface area contributed by atoms with Crippen LogP contribution in [-0.4, -0.2) is 26.8 Å². The van der Waals surface area contributed by atoms with Gasteiger partial charge in [0.15, 0.2) is 11.5 Å². The van der Waals surface area contributed by atoms with E-state index in [2.05, 4.69) is 20.8 Å². The molecule has 2 heterocycles. The van der Waals surface area contributed by atoms with Crippen LogP contribution in [0.15, 0.2) is 71.3 Å². The number of para-hydroxylation sites is 1. The van der Waals surface area contributed by atoms with E-state index < -0.39 is 29.2 Å². The van der Waals surface area contributed by atoms with Crippen molar-refractivity contribution < 1.29 is 27.2 Å². The molecule has 0 radical (unpaired) electrons. The zero-order valence-electron chi connectivity index (χ0n) is 17.1. The molecule has 2 aromatic heterocycles. The van der Waals surface area contributed by atoms with Crippen LogP contribution in [0.4, 0.5) is 24.5 Å². The number of nitrogens with zero attached hydrogens (tertiary/aromatic N) is 3. The molecule has 2 N–H and O–H groups in total. The first kappa shape index (κ1) is 21.8. The summed E-state index contributed by atoms with van der Waals surface area (Å²) in [5, 5.41) is 12.8. The lowest BCUT2D eigenvalue weighted by atomic mass is 10.1. The molecule has 4 rings (SSSR count). The molecule has 11 heteroatoms. The highest BCUT2D eigenvalue weighted by Gasteiger charge is 2.35. The Hall–Kier alpha value is -4.41. The SMILES string of the molecule is Cc1nn(-c2ccccc2)nc1C(=O)Nc1ccc(NC(=O)c2ccco2)cc1C(F)(F)F. The summed E-state index contributed by atoms with van der Waals surface area (Å²) in [5.74, 6) is -1.62. The Kier molecular flexibility index (Phi) is 5.69. The topological polar surface area (TPSA) is 102 Å². The van der Waals surface area contributed by atoms with Crippen molar-refractivity contribution in [3.8, 4) is 5.69 Å². The van der Waals surface area contributed by atoms with Crippen molar-refractivity contribution in [1.29, 1.82) is 0 Å². The third kappa shape index (κ3) is 4.76. The molecule has 0 aliphatic rings. The maximum absolute atomic E-state index is 13.7. The van der Waals surface area contributed by atoms with Crippen LogP contribution in [-0.2, 0) is 6.18 Å². The molecule has 0 fully saturated rings. The molecule has 0 saturated carbocycles. The number of amides is 2. The van der Waals surface area contributed by atoms with E-state index in [0.29, 0.717) is 5.69 Å². The van der Waals surface area contributed by atoms with Crippen LogP contribution in [0, 0.1) is 6.92 Å². The van der Waals surface area contributed by atoms with E-state index in [1.165, 1.54) is 36.2 Å². The first-order valence-corrected chi connectivity index (χ1v) is 9.59. The lowest BCUT2D eigenvalue weighted by Crippen LogP contribution is -2.19. The number of halogens is 3. The smallest absolute Gasteiger partial charge is 0.418 e. The second kappa shape index (κ2) is 8.61. The summed E-state index contributed by atoms with van der Waals surface area (Å²) >= 11 is 0. The van der Waals surface area contributed by atoms with Gasteiger partial charge in [-0.2, -0.15) is 23.1 Å². The normalized spacial score (nSPS) is 11.3. The van der Waals surface area contributed by atoms with E-state index in [1.807, 2.05) is 0 Å². The summed E-state index contributed by atoms with van der Waals surface area (Å²) in [4.78, 5) is 26.0. The standard InChI is InChI=1S/C22H16F3N5O3/c1-13-19(29-30(28-13)15-6-3-2-4-7-15)21(32)27-17-10-9-14(12-16(17)22(23,24)25)26-20(31)18-8-5-11-33-18/h2-12H,1H3,(H,26,31)(H,27,32). The van der Waals surface area contributed by atoms with Gasteiger partial charge in [0.25, 0.3) is 11.8 Å². The number of aryl methyl sites for hydroxylation is 1. The lowest BCUT2D eigenvalue weighted by molar-refractivity contribution is -0.136. The molecule has 0 bridgehead atoms. The highest BCUT2D eigenvalue weighted by atomic mass is 19.4. The van der Waals surface area contributed by atoms with Crippen LogP contribution < -0.4 is 10.6 Å². The molecule has 0 spiro atoms. The average Bonchev–Trinajstić information content (AvgIpc) is 3.45. The van der Waals surface area contributed by atoms with Crippen LogP contribution in [0.2, 0.25) is 0 Å². The first-order chi connectivity index (χ1) is 15.7. The van der Waals surface area contributed by atoms with Crippen LogP contribution in [0.3, 0.4) is 0 Å². The fraction of sp³-hybridized carbons (Fsp3) is 0.0909. The van der Waals surface area contributed by atoms with Gasteiger partial charge in [-0.25, -0.2) is 0 Å². The number of hydrogen-bond acceptors (Lipinski definition) is 5. The molecule has 2 amide bonds. The highest BCUT2D eigenvalue weighted by molar-refractivity contribution is 6.05. The van der Waals surface area contributed by atoms with Crippen molar-refractivity contribution in [2.24, 2.45) is 0 Å². The number of aromatic nitrogens is 3. The van der Waals surface area contributed by atoms with E-state index in [9.17, 15) is 22.8 Å². The number of rotatable bonds is 5. The summed E-state index contributed by atoms with van der Waals surface area (Å²) in [6, 6.07) is 14.6. The van der Waals surface area contributed by atoms with E-state index in [4.69, 9.17) is 4.42 Å². The summed E-state index contributed by atoms with van der Waals surface area (Å²) in [6.45, 7) is 1.53. The predicted octanol–water partition coefficient (Wildman–Crippen LogP) is 4.69. The lowest BCUT2D eigenvalue weighted by Gasteiger charge is -2.15. The van der Waals surface area contributed by atoms with Gasteiger partial charge in [-0.3, -0.25) is 9.59 Å². The van der Waals surface area contributed by atoms with Crippen LogP contribution in [0.5, 0.6) is 0 Å². The van der Waals surface area contributed by atoms with Gasteiger partial charge in [0, 0.05) is 5.69 Å². The molecule has 4 aromatic rings. The largest absolute Gasteiger partial charge is 0.459 e. The van der Waals surface area contributed by atoms with Gasteiger partial charge in [-0.1, -0.05) is 18.2 Å². The second-order valence-corrected chi connectivity index (χ2v) is 6.90. The van der Waals surface area contributed by atoms with E-state index in [1.54, 1.807) is 30.3 Å². The van der Waals surface area contributed by atoms with Gasteiger partial charge in [-0.15, -0.1) is 5.10 Å². The molecule has 2 aromatic carbocycles. The Balaban J connectivity index is 1.59. The number of carbonyl (C=O) groups excluding carboxylic acids is 2. The molecule has 0 aliphatic carbocycles. The number of nitrogens with one attached hydrogen (secondary N) is 2. The monoisotopic (exact) mass is 455 g/mol. The molecule has 0 unspecified atom stereocenters. The third-order valence-electron chi connectivity index (χ3n) is 4.56. The Labute approximate surface area is 185 Å². The van der Waals surface area contributed by atoms with Crippen molar-refractivity contribution >= 4 is 23.2 Å². The number of anilines is 2. The van der Waals surface area contributed by atoms with Crippen molar-refractivity contribution in [2.45, 2.75) is 13.1 Å². The molecular formula is C22H16F3N5O3. The van der Waals surface area contributed by atoms with Crippen molar-refractivity contribution in [1.82, 2.24) is 15.0 Å². The Morgan fingerprint density at radius 3 is 2.36 bits per heavy atom. The number of alkyl halides is 3. The quantitative estimate of drug-likeness (QED) is 0.455. The molecule has 0 aliphatic heterocycles. The second-order valence-electron chi connectivity index (χ2n) is 6.90.